The lowest BCUT2D eigenvalue weighted by Crippen LogP contribution is -2.38. The largest absolute Gasteiger partial charge is 0.385 e. The maximum atomic E-state index is 10.8. The van der Waals surface area contributed by atoms with Crippen LogP contribution < -0.4 is 0 Å². The first-order valence-electron chi connectivity index (χ1n) is 10.1. The summed E-state index contributed by atoms with van der Waals surface area (Å²) < 4.78 is 5.38. The molecule has 136 valence electrons. The highest BCUT2D eigenvalue weighted by molar-refractivity contribution is 5.54. The Morgan fingerprint density at radius 3 is 2.28 bits per heavy atom. The molecule has 2 aliphatic heterocycles. The molecule has 0 unspecified atom stereocenters. The fourth-order valence-electron chi connectivity index (χ4n) is 4.71. The Kier molecular flexibility index (Phi) is 5.25. The molecule has 0 spiro atoms. The van der Waals surface area contributed by atoms with Crippen LogP contribution in [0.4, 0.5) is 0 Å². The summed E-state index contributed by atoms with van der Waals surface area (Å²) in [5, 5.41) is 10.8. The first-order chi connectivity index (χ1) is 12.2. The molecular weight excluding hydrogens is 310 g/mol. The zero-order valence-electron chi connectivity index (χ0n) is 15.3. The lowest BCUT2D eigenvalue weighted by atomic mass is 9.86. The van der Waals surface area contributed by atoms with Crippen LogP contribution in [-0.4, -0.2) is 42.4 Å². The van der Waals surface area contributed by atoms with Gasteiger partial charge in [-0.1, -0.05) is 48.8 Å². The van der Waals surface area contributed by atoms with Crippen LogP contribution in [-0.2, 0) is 10.3 Å². The van der Waals surface area contributed by atoms with Crippen LogP contribution in [0.15, 0.2) is 29.8 Å². The summed E-state index contributed by atoms with van der Waals surface area (Å²) in [4.78, 5) is 2.72. The van der Waals surface area contributed by atoms with Crippen molar-refractivity contribution in [2.24, 2.45) is 0 Å². The SMILES string of the molecule is OC1(c2ccc(C=C3CCN(C4CCCC4)CC3)cc2)CCOCC1. The van der Waals surface area contributed by atoms with Crippen molar-refractivity contribution in [1.82, 2.24) is 4.90 Å². The highest BCUT2D eigenvalue weighted by atomic mass is 16.5. The highest BCUT2D eigenvalue weighted by Crippen LogP contribution is 2.32. The van der Waals surface area contributed by atoms with E-state index in [9.17, 15) is 5.11 Å². The summed E-state index contributed by atoms with van der Waals surface area (Å²) in [5.74, 6) is 0. The second-order valence-corrected chi connectivity index (χ2v) is 8.04. The van der Waals surface area contributed by atoms with Crippen molar-refractivity contribution in [3.63, 3.8) is 0 Å². The van der Waals surface area contributed by atoms with Crippen molar-refractivity contribution in [3.8, 4) is 0 Å². The molecule has 0 amide bonds. The standard InChI is InChI=1S/C22H31NO2/c24-22(11-15-25-16-12-22)20-7-5-18(6-8-20)17-19-9-13-23(14-10-19)21-3-1-2-4-21/h5-8,17,21,24H,1-4,9-16H2. The fraction of sp³-hybridized carbons (Fsp3) is 0.636. The van der Waals surface area contributed by atoms with Gasteiger partial charge < -0.3 is 9.84 Å². The lowest BCUT2D eigenvalue weighted by Gasteiger charge is -2.33. The summed E-state index contributed by atoms with van der Waals surface area (Å²) in [6.45, 7) is 3.77. The number of piperidine rings is 1. The zero-order valence-corrected chi connectivity index (χ0v) is 15.3. The Morgan fingerprint density at radius 1 is 1.00 bits per heavy atom. The third-order valence-corrected chi connectivity index (χ3v) is 6.42. The smallest absolute Gasteiger partial charge is 0.0940 e. The van der Waals surface area contributed by atoms with Gasteiger partial charge in [0.25, 0.3) is 0 Å². The molecule has 0 atom stereocenters. The van der Waals surface area contributed by atoms with E-state index in [0.717, 1.165) is 11.6 Å². The Labute approximate surface area is 151 Å². The first-order valence-corrected chi connectivity index (χ1v) is 10.1. The topological polar surface area (TPSA) is 32.7 Å². The predicted molar refractivity (Wildman–Crippen MR) is 101 cm³/mol. The van der Waals surface area contributed by atoms with Crippen molar-refractivity contribution < 1.29 is 9.84 Å². The number of aliphatic hydroxyl groups is 1. The van der Waals surface area contributed by atoms with Gasteiger partial charge in [0, 0.05) is 45.2 Å². The lowest BCUT2D eigenvalue weighted by molar-refractivity contribution is -0.0679. The molecule has 0 bridgehead atoms. The molecule has 1 N–H and O–H groups in total. The fourth-order valence-corrected chi connectivity index (χ4v) is 4.71. The van der Waals surface area contributed by atoms with Gasteiger partial charge in [-0.25, -0.2) is 0 Å². The Balaban J connectivity index is 1.37. The van der Waals surface area contributed by atoms with Gasteiger partial charge in [0.05, 0.1) is 5.60 Å². The molecule has 3 aliphatic rings. The van der Waals surface area contributed by atoms with E-state index in [0.29, 0.717) is 26.1 Å². The number of ether oxygens (including phenoxy) is 1. The van der Waals surface area contributed by atoms with Gasteiger partial charge in [-0.3, -0.25) is 4.90 Å². The maximum Gasteiger partial charge on any atom is 0.0940 e. The third-order valence-electron chi connectivity index (χ3n) is 6.42. The molecule has 4 rings (SSSR count). The predicted octanol–water partition coefficient (Wildman–Crippen LogP) is 4.11. The van der Waals surface area contributed by atoms with E-state index >= 15 is 0 Å². The first kappa shape index (κ1) is 17.3. The number of nitrogens with zero attached hydrogens (tertiary/aromatic N) is 1. The normalized spacial score (nSPS) is 25.2. The number of likely N-dealkylation sites (tertiary alicyclic amines) is 1. The van der Waals surface area contributed by atoms with Gasteiger partial charge in [0.2, 0.25) is 0 Å². The molecule has 1 aliphatic carbocycles. The van der Waals surface area contributed by atoms with E-state index in [-0.39, 0.29) is 0 Å². The molecule has 25 heavy (non-hydrogen) atoms. The second kappa shape index (κ2) is 7.61. The third kappa shape index (κ3) is 3.99. The molecule has 0 radical (unpaired) electrons. The number of benzene rings is 1. The molecule has 3 nitrogen and oxygen atoms in total. The molecule has 3 heteroatoms. The monoisotopic (exact) mass is 341 g/mol. The molecule has 1 aromatic rings. The summed E-state index contributed by atoms with van der Waals surface area (Å²) in [5.41, 5.74) is 3.18. The second-order valence-electron chi connectivity index (χ2n) is 8.04. The summed E-state index contributed by atoms with van der Waals surface area (Å²) in [7, 11) is 0. The maximum absolute atomic E-state index is 10.8. The van der Waals surface area contributed by atoms with Crippen molar-refractivity contribution in [2.75, 3.05) is 26.3 Å². The molecular formula is C22H31NO2. The Hall–Kier alpha value is -1.16. The number of rotatable bonds is 3. The van der Waals surface area contributed by atoms with Gasteiger partial charge in [-0.2, -0.15) is 0 Å². The molecule has 1 aromatic carbocycles. The van der Waals surface area contributed by atoms with Crippen LogP contribution >= 0.6 is 0 Å². The van der Waals surface area contributed by atoms with Crippen LogP contribution in [0.3, 0.4) is 0 Å². The average Bonchev–Trinajstić information content (AvgIpc) is 3.18. The minimum absolute atomic E-state index is 0.653. The van der Waals surface area contributed by atoms with Gasteiger partial charge >= 0.3 is 0 Å². The van der Waals surface area contributed by atoms with Crippen LogP contribution in [0.5, 0.6) is 0 Å². The van der Waals surface area contributed by atoms with Gasteiger partial charge in [0.1, 0.15) is 0 Å². The molecule has 2 heterocycles. The molecule has 0 aromatic heterocycles. The summed E-state index contributed by atoms with van der Waals surface area (Å²) >= 11 is 0. The van der Waals surface area contributed by atoms with Gasteiger partial charge in [-0.15, -0.1) is 0 Å². The van der Waals surface area contributed by atoms with E-state index < -0.39 is 5.60 Å². The van der Waals surface area contributed by atoms with E-state index in [4.69, 9.17) is 4.74 Å². The van der Waals surface area contributed by atoms with Gasteiger partial charge in [0.15, 0.2) is 0 Å². The van der Waals surface area contributed by atoms with E-state index in [2.05, 4.69) is 35.2 Å². The highest BCUT2D eigenvalue weighted by Gasteiger charge is 2.31. The van der Waals surface area contributed by atoms with Crippen molar-refractivity contribution in [1.29, 1.82) is 0 Å². The average molecular weight is 341 g/mol. The minimum Gasteiger partial charge on any atom is -0.385 e. The van der Waals surface area contributed by atoms with Crippen molar-refractivity contribution >= 4 is 6.08 Å². The van der Waals surface area contributed by atoms with Crippen molar-refractivity contribution in [3.05, 3.63) is 41.0 Å². The number of hydrogen-bond donors (Lipinski definition) is 1. The van der Waals surface area contributed by atoms with Crippen LogP contribution in [0.2, 0.25) is 0 Å². The van der Waals surface area contributed by atoms with Crippen molar-refractivity contribution in [2.45, 2.75) is 63.0 Å². The number of hydrogen-bond acceptors (Lipinski definition) is 3. The summed E-state index contributed by atoms with van der Waals surface area (Å²) in [6, 6.07) is 9.40. The minimum atomic E-state index is -0.698. The molecule has 1 saturated carbocycles. The van der Waals surface area contributed by atoms with Gasteiger partial charge in [-0.05, 0) is 36.8 Å². The summed E-state index contributed by atoms with van der Waals surface area (Å²) in [6.07, 6.45) is 11.9. The Morgan fingerprint density at radius 2 is 1.64 bits per heavy atom. The Bertz CT molecular complexity index is 585. The molecule has 3 fully saturated rings. The van der Waals surface area contributed by atoms with Crippen LogP contribution in [0.25, 0.3) is 6.08 Å². The zero-order chi connectivity index (χ0) is 17.1. The van der Waals surface area contributed by atoms with E-state index in [1.54, 1.807) is 5.57 Å². The van der Waals surface area contributed by atoms with Crippen LogP contribution in [0.1, 0.15) is 62.5 Å². The molecule has 2 saturated heterocycles. The van der Waals surface area contributed by atoms with Crippen LogP contribution in [0, 0.1) is 0 Å². The van der Waals surface area contributed by atoms with E-state index in [1.807, 2.05) is 0 Å². The van der Waals surface area contributed by atoms with E-state index in [1.165, 1.54) is 57.2 Å². The quantitative estimate of drug-likeness (QED) is 0.898.